The number of carbonyl (C=O) groups is 2. The van der Waals surface area contributed by atoms with E-state index in [0.717, 1.165) is 17.0 Å². The maximum Gasteiger partial charge on any atom is 0.248 e. The highest BCUT2D eigenvalue weighted by atomic mass is 32.1. The van der Waals surface area contributed by atoms with Crippen LogP contribution in [0.3, 0.4) is 0 Å². The van der Waals surface area contributed by atoms with E-state index in [0.29, 0.717) is 24.4 Å². The molecule has 2 atom stereocenters. The number of nitrogens with one attached hydrogen (secondary N) is 1. The highest BCUT2D eigenvalue weighted by Gasteiger charge is 2.19. The van der Waals surface area contributed by atoms with Gasteiger partial charge in [-0.05, 0) is 60.0 Å². The summed E-state index contributed by atoms with van der Waals surface area (Å²) < 4.78 is 5.11. The van der Waals surface area contributed by atoms with Crippen LogP contribution < -0.4 is 15.8 Å². The molecule has 2 aromatic rings. The van der Waals surface area contributed by atoms with Crippen LogP contribution in [0.1, 0.15) is 31.6 Å². The summed E-state index contributed by atoms with van der Waals surface area (Å²) in [4.78, 5) is 26.0. The first kappa shape index (κ1) is 22.8. The molecule has 0 radical (unpaired) electrons. The van der Waals surface area contributed by atoms with Gasteiger partial charge in [-0.1, -0.05) is 26.0 Å². The standard InChI is InChI=1S/C23H30N2O3S/c1-16(2)13-17(14-22(26)21(24)15-20-5-4-12-29-20)6-11-23(27)25-18-7-9-19(28-3)10-8-18/h4-12,16-17,21H,13-15,24H2,1-3H3,(H,25,27)/b11-6+/t17-,21+/m1/s1. The van der Waals surface area contributed by atoms with Gasteiger partial charge in [0.1, 0.15) is 11.5 Å². The lowest BCUT2D eigenvalue weighted by Gasteiger charge is -2.17. The Bertz CT molecular complexity index is 798. The SMILES string of the molecule is COc1ccc(NC(=O)/C=C/[C@@H](CC(=O)[C@@H](N)Cc2cccs2)CC(C)C)cc1. The van der Waals surface area contributed by atoms with Gasteiger partial charge < -0.3 is 15.8 Å². The fourth-order valence-electron chi connectivity index (χ4n) is 3.09. The third-order valence-electron chi connectivity index (χ3n) is 4.53. The van der Waals surface area contributed by atoms with Gasteiger partial charge in [0.05, 0.1) is 13.2 Å². The number of ether oxygens (including phenoxy) is 1. The quantitative estimate of drug-likeness (QED) is 0.533. The molecule has 1 heterocycles. The van der Waals surface area contributed by atoms with E-state index in [4.69, 9.17) is 10.5 Å². The number of methoxy groups -OCH3 is 1. The normalized spacial score (nSPS) is 13.4. The van der Waals surface area contributed by atoms with Crippen molar-refractivity contribution in [3.05, 3.63) is 58.8 Å². The van der Waals surface area contributed by atoms with E-state index in [2.05, 4.69) is 19.2 Å². The van der Waals surface area contributed by atoms with Crippen molar-refractivity contribution in [3.63, 3.8) is 0 Å². The summed E-state index contributed by atoms with van der Waals surface area (Å²) in [5, 5.41) is 4.80. The molecule has 1 aromatic carbocycles. The largest absolute Gasteiger partial charge is 0.497 e. The second kappa shape index (κ2) is 11.5. The van der Waals surface area contributed by atoms with Crippen LogP contribution in [0.15, 0.2) is 53.9 Å². The van der Waals surface area contributed by atoms with E-state index >= 15 is 0 Å². The molecule has 5 nitrogen and oxygen atoms in total. The van der Waals surface area contributed by atoms with Crippen LogP contribution in [0, 0.1) is 11.8 Å². The fraction of sp³-hybridized carbons (Fsp3) is 0.391. The van der Waals surface area contributed by atoms with Crippen molar-refractivity contribution in [1.29, 1.82) is 0 Å². The second-order valence-electron chi connectivity index (χ2n) is 7.53. The van der Waals surface area contributed by atoms with Gasteiger partial charge in [-0.25, -0.2) is 0 Å². The van der Waals surface area contributed by atoms with Gasteiger partial charge in [-0.15, -0.1) is 11.3 Å². The lowest BCUT2D eigenvalue weighted by Crippen LogP contribution is -2.33. The molecule has 0 spiro atoms. The van der Waals surface area contributed by atoms with Crippen molar-refractivity contribution in [2.24, 2.45) is 17.6 Å². The molecule has 6 heteroatoms. The van der Waals surface area contributed by atoms with E-state index in [-0.39, 0.29) is 17.6 Å². The van der Waals surface area contributed by atoms with E-state index in [1.165, 1.54) is 6.08 Å². The molecule has 0 fully saturated rings. The van der Waals surface area contributed by atoms with Crippen LogP contribution in [-0.4, -0.2) is 24.8 Å². The third-order valence-corrected chi connectivity index (χ3v) is 5.43. The number of Topliss-reactive ketones (excluding diaryl/α,β-unsaturated/α-hetero) is 1. The number of ketones is 1. The van der Waals surface area contributed by atoms with Crippen LogP contribution in [0.4, 0.5) is 5.69 Å². The molecule has 29 heavy (non-hydrogen) atoms. The van der Waals surface area contributed by atoms with E-state index in [9.17, 15) is 9.59 Å². The molecule has 156 valence electrons. The number of thiophene rings is 1. The first-order valence-corrected chi connectivity index (χ1v) is 10.7. The molecule has 0 aliphatic carbocycles. The third kappa shape index (κ3) is 8.21. The number of benzene rings is 1. The minimum atomic E-state index is -0.509. The van der Waals surface area contributed by atoms with Crippen LogP contribution in [-0.2, 0) is 16.0 Å². The second-order valence-corrected chi connectivity index (χ2v) is 8.56. The van der Waals surface area contributed by atoms with Gasteiger partial charge in [-0.2, -0.15) is 0 Å². The number of anilines is 1. The van der Waals surface area contributed by atoms with Gasteiger partial charge in [0, 0.05) is 23.4 Å². The Kier molecular flexibility index (Phi) is 9.09. The minimum Gasteiger partial charge on any atom is -0.497 e. The number of carbonyl (C=O) groups excluding carboxylic acids is 2. The lowest BCUT2D eigenvalue weighted by molar-refractivity contribution is -0.121. The van der Waals surface area contributed by atoms with Gasteiger partial charge in [-0.3, -0.25) is 9.59 Å². The molecule has 1 aromatic heterocycles. The number of amides is 1. The highest BCUT2D eigenvalue weighted by Crippen LogP contribution is 2.20. The Morgan fingerprint density at radius 1 is 1.21 bits per heavy atom. The number of rotatable bonds is 11. The van der Waals surface area contributed by atoms with Crippen molar-refractivity contribution in [2.45, 2.75) is 39.2 Å². The van der Waals surface area contributed by atoms with E-state index < -0.39 is 6.04 Å². The number of nitrogens with two attached hydrogens (primary N) is 1. The molecule has 0 aliphatic rings. The number of hydrogen-bond donors (Lipinski definition) is 2. The summed E-state index contributed by atoms with van der Waals surface area (Å²) >= 11 is 1.61. The highest BCUT2D eigenvalue weighted by molar-refractivity contribution is 7.09. The number of hydrogen-bond acceptors (Lipinski definition) is 5. The molecule has 0 saturated carbocycles. The van der Waals surface area contributed by atoms with E-state index in [1.807, 2.05) is 23.6 Å². The summed E-state index contributed by atoms with van der Waals surface area (Å²) in [6.07, 6.45) is 5.07. The zero-order valence-electron chi connectivity index (χ0n) is 17.3. The Hall–Kier alpha value is -2.44. The Morgan fingerprint density at radius 2 is 1.93 bits per heavy atom. The first-order chi connectivity index (χ1) is 13.9. The van der Waals surface area contributed by atoms with E-state index in [1.54, 1.807) is 42.7 Å². The smallest absolute Gasteiger partial charge is 0.248 e. The zero-order chi connectivity index (χ0) is 21.2. The first-order valence-electron chi connectivity index (χ1n) is 9.81. The molecular formula is C23H30N2O3S. The molecule has 3 N–H and O–H groups in total. The molecule has 0 aliphatic heterocycles. The lowest BCUT2D eigenvalue weighted by atomic mass is 9.89. The summed E-state index contributed by atoms with van der Waals surface area (Å²) in [6.45, 7) is 4.21. The summed E-state index contributed by atoms with van der Waals surface area (Å²) in [5.74, 6) is 0.936. The molecule has 0 unspecified atom stereocenters. The molecule has 2 rings (SSSR count). The maximum atomic E-state index is 12.6. The van der Waals surface area contributed by atoms with Crippen molar-refractivity contribution in [3.8, 4) is 5.75 Å². The molecule has 1 amide bonds. The zero-order valence-corrected chi connectivity index (χ0v) is 18.1. The molecule has 0 saturated heterocycles. The maximum absolute atomic E-state index is 12.6. The average molecular weight is 415 g/mol. The fourth-order valence-corrected chi connectivity index (χ4v) is 3.85. The Morgan fingerprint density at radius 3 is 2.52 bits per heavy atom. The van der Waals surface area contributed by atoms with Gasteiger partial charge >= 0.3 is 0 Å². The minimum absolute atomic E-state index is 0.0153. The van der Waals surface area contributed by atoms with Crippen LogP contribution in [0.5, 0.6) is 5.75 Å². The molecule has 0 bridgehead atoms. The summed E-state index contributed by atoms with van der Waals surface area (Å²) in [5.41, 5.74) is 6.80. The summed E-state index contributed by atoms with van der Waals surface area (Å²) in [6, 6.07) is 10.6. The van der Waals surface area contributed by atoms with Gasteiger partial charge in [0.25, 0.3) is 0 Å². The number of allylic oxidation sites excluding steroid dienone is 1. The van der Waals surface area contributed by atoms with Crippen molar-refractivity contribution >= 4 is 28.7 Å². The predicted octanol–water partition coefficient (Wildman–Crippen LogP) is 4.44. The predicted molar refractivity (Wildman–Crippen MR) is 119 cm³/mol. The van der Waals surface area contributed by atoms with Crippen molar-refractivity contribution < 1.29 is 14.3 Å². The van der Waals surface area contributed by atoms with Crippen LogP contribution in [0.25, 0.3) is 0 Å². The average Bonchev–Trinajstić information content (AvgIpc) is 3.19. The summed E-state index contributed by atoms with van der Waals surface area (Å²) in [7, 11) is 1.60. The van der Waals surface area contributed by atoms with Gasteiger partial charge in [0.2, 0.25) is 5.91 Å². The Balaban J connectivity index is 1.93. The molecular weight excluding hydrogens is 384 g/mol. The van der Waals surface area contributed by atoms with Crippen LogP contribution in [0.2, 0.25) is 0 Å². The monoisotopic (exact) mass is 414 g/mol. The van der Waals surface area contributed by atoms with Crippen LogP contribution >= 0.6 is 11.3 Å². The van der Waals surface area contributed by atoms with Crippen molar-refractivity contribution in [2.75, 3.05) is 12.4 Å². The van der Waals surface area contributed by atoms with Crippen molar-refractivity contribution in [1.82, 2.24) is 0 Å². The Labute approximate surface area is 177 Å². The topological polar surface area (TPSA) is 81.4 Å². The van der Waals surface area contributed by atoms with Gasteiger partial charge in [0.15, 0.2) is 0 Å².